The molecule has 2 aliphatic rings. The van der Waals surface area contributed by atoms with Gasteiger partial charge in [-0.15, -0.1) is 23.2 Å². The third kappa shape index (κ3) is 6.02. The Labute approximate surface area is 251 Å². The van der Waals surface area contributed by atoms with Crippen LogP contribution >= 0.6 is 23.2 Å². The lowest BCUT2D eigenvalue weighted by molar-refractivity contribution is -0.127. The molecule has 2 heterocycles. The molecule has 3 atom stereocenters. The van der Waals surface area contributed by atoms with Gasteiger partial charge in [0.2, 0.25) is 5.91 Å². The minimum atomic E-state index is -1.61. The van der Waals surface area contributed by atoms with Crippen LogP contribution in [0.2, 0.25) is 0 Å². The molecule has 5 rings (SSSR count). The van der Waals surface area contributed by atoms with E-state index in [1.165, 1.54) is 0 Å². The topological polar surface area (TPSA) is 92.3 Å². The van der Waals surface area contributed by atoms with E-state index >= 15 is 0 Å². The van der Waals surface area contributed by atoms with Crippen molar-refractivity contribution in [1.29, 1.82) is 0 Å². The summed E-state index contributed by atoms with van der Waals surface area (Å²) in [5.41, 5.74) is 1.49. The highest BCUT2D eigenvalue weighted by Gasteiger charge is 2.56. The first-order valence-electron chi connectivity index (χ1n) is 14.1. The van der Waals surface area contributed by atoms with Gasteiger partial charge in [0.25, 0.3) is 0 Å². The zero-order chi connectivity index (χ0) is 28.9. The van der Waals surface area contributed by atoms with Crippen LogP contribution in [0, 0.1) is 0 Å². The number of fused-ring (bicyclic) bond motifs is 1. The summed E-state index contributed by atoms with van der Waals surface area (Å²) in [5.74, 6) is -0.431. The summed E-state index contributed by atoms with van der Waals surface area (Å²) in [4.78, 5) is 30.8. The number of halogens is 2. The minimum absolute atomic E-state index is 0.0521. The summed E-state index contributed by atoms with van der Waals surface area (Å²) in [7, 11) is 0. The Hall–Kier alpha value is -3.29. The van der Waals surface area contributed by atoms with Crippen LogP contribution in [-0.2, 0) is 26.4 Å². The van der Waals surface area contributed by atoms with E-state index in [1.807, 2.05) is 72.8 Å². The van der Waals surface area contributed by atoms with Crippen molar-refractivity contribution in [2.75, 3.05) is 18.4 Å². The van der Waals surface area contributed by atoms with E-state index < -0.39 is 27.8 Å². The van der Waals surface area contributed by atoms with E-state index in [0.717, 1.165) is 54.6 Å². The lowest BCUT2D eigenvalue weighted by Crippen LogP contribution is -2.66. The molecule has 2 amide bonds. The van der Waals surface area contributed by atoms with Gasteiger partial charge in [-0.3, -0.25) is 9.78 Å². The molecule has 0 radical (unpaired) electrons. The molecule has 41 heavy (non-hydrogen) atoms. The Morgan fingerprint density at radius 2 is 1.73 bits per heavy atom. The first-order chi connectivity index (χ1) is 19.8. The highest BCUT2D eigenvalue weighted by atomic mass is 35.5. The third-order valence-corrected chi connectivity index (χ3v) is 9.95. The average Bonchev–Trinajstić information content (AvgIpc) is 3.37. The number of rotatable bonds is 9. The average molecular weight is 596 g/mol. The summed E-state index contributed by atoms with van der Waals surface area (Å²) in [6.07, 6.45) is 6.12. The van der Waals surface area contributed by atoms with Crippen molar-refractivity contribution < 1.29 is 14.3 Å². The summed E-state index contributed by atoms with van der Waals surface area (Å²) < 4.78 is 5.52. The zero-order valence-corrected chi connectivity index (χ0v) is 24.7. The molecular formula is C32H36Cl2N4O3. The predicted molar refractivity (Wildman–Crippen MR) is 162 cm³/mol. The van der Waals surface area contributed by atoms with E-state index in [1.54, 1.807) is 13.1 Å². The van der Waals surface area contributed by atoms with Crippen LogP contribution in [0.4, 0.5) is 10.5 Å². The number of amides is 2. The Kier molecular flexibility index (Phi) is 8.76. The van der Waals surface area contributed by atoms with E-state index in [4.69, 9.17) is 27.9 Å². The number of alkyl halides is 2. The molecule has 1 saturated carbocycles. The number of aromatic nitrogens is 1. The van der Waals surface area contributed by atoms with Gasteiger partial charge in [-0.2, -0.15) is 0 Å². The Balaban J connectivity index is 1.40. The second kappa shape index (κ2) is 12.3. The molecule has 0 saturated heterocycles. The van der Waals surface area contributed by atoms with Crippen LogP contribution in [0.3, 0.4) is 0 Å². The highest BCUT2D eigenvalue weighted by Crippen LogP contribution is 2.48. The molecule has 0 bridgehead atoms. The standard InChI is InChI=1S/C32H36Cl2N4O3/c1-30(38-29(40)41-20-23-12-4-2-5-13-23,27(33)32(34)22-36-25-15-7-6-14-24(25)32)28(39)37-21-31(17-9-3-10-18-31)26-16-8-11-19-35-26/h2,4-8,11-16,19,27,36H,3,9-10,17-18,20-22H2,1H3,(H,37,39)(H,38,40)/t27?,30-,32?/m1/s1. The van der Waals surface area contributed by atoms with Gasteiger partial charge in [-0.05, 0) is 49.1 Å². The predicted octanol–water partition coefficient (Wildman–Crippen LogP) is 6.25. The van der Waals surface area contributed by atoms with Gasteiger partial charge in [-0.25, -0.2) is 4.79 Å². The van der Waals surface area contributed by atoms with E-state index in [0.29, 0.717) is 13.1 Å². The van der Waals surface area contributed by atoms with Crippen LogP contribution in [0.15, 0.2) is 79.0 Å². The number of benzene rings is 2. The number of pyridine rings is 1. The van der Waals surface area contributed by atoms with Crippen molar-refractivity contribution >= 4 is 40.9 Å². The molecule has 3 N–H and O–H groups in total. The molecule has 3 aromatic rings. The molecule has 216 valence electrons. The van der Waals surface area contributed by atoms with Gasteiger partial charge >= 0.3 is 6.09 Å². The molecule has 9 heteroatoms. The number of alkyl carbamates (subject to hydrolysis) is 1. The van der Waals surface area contributed by atoms with Crippen molar-refractivity contribution in [3.63, 3.8) is 0 Å². The van der Waals surface area contributed by atoms with Crippen molar-refractivity contribution in [3.8, 4) is 0 Å². The number of nitrogens with one attached hydrogen (secondary N) is 3. The highest BCUT2D eigenvalue weighted by molar-refractivity contribution is 6.35. The van der Waals surface area contributed by atoms with Crippen LogP contribution in [0.5, 0.6) is 0 Å². The molecule has 2 unspecified atom stereocenters. The number of hydrogen-bond donors (Lipinski definition) is 3. The second-order valence-electron chi connectivity index (χ2n) is 11.3. The number of carbonyl (C=O) groups excluding carboxylic acids is 2. The fourth-order valence-electron chi connectivity index (χ4n) is 6.07. The van der Waals surface area contributed by atoms with E-state index in [2.05, 4.69) is 20.9 Å². The van der Waals surface area contributed by atoms with E-state index in [-0.39, 0.29) is 12.0 Å². The fourth-order valence-corrected chi connectivity index (χ4v) is 6.87. The molecule has 0 spiro atoms. The zero-order valence-electron chi connectivity index (χ0n) is 23.2. The Morgan fingerprint density at radius 3 is 2.46 bits per heavy atom. The molecular weight excluding hydrogens is 559 g/mol. The van der Waals surface area contributed by atoms with Gasteiger partial charge in [0.05, 0.1) is 5.38 Å². The SMILES string of the molecule is C[C@](NC(=O)OCc1ccccc1)(C(=O)NCC1(c2ccccn2)CCCCC1)C(Cl)C1(Cl)CNc2ccccc21. The van der Waals surface area contributed by atoms with Crippen molar-refractivity contribution in [1.82, 2.24) is 15.6 Å². The van der Waals surface area contributed by atoms with Crippen molar-refractivity contribution in [2.45, 2.75) is 66.8 Å². The van der Waals surface area contributed by atoms with Gasteiger partial charge in [0.15, 0.2) is 0 Å². The molecule has 1 aromatic heterocycles. The molecule has 1 aliphatic heterocycles. The summed E-state index contributed by atoms with van der Waals surface area (Å²) in [6, 6.07) is 22.8. The van der Waals surface area contributed by atoms with Crippen LogP contribution < -0.4 is 16.0 Å². The molecule has 7 nitrogen and oxygen atoms in total. The Morgan fingerprint density at radius 1 is 1.02 bits per heavy atom. The summed E-state index contributed by atoms with van der Waals surface area (Å²) in [6.45, 7) is 2.33. The Bertz CT molecular complexity index is 1350. The monoisotopic (exact) mass is 594 g/mol. The minimum Gasteiger partial charge on any atom is -0.445 e. The first kappa shape index (κ1) is 29.2. The number of carbonyl (C=O) groups is 2. The van der Waals surface area contributed by atoms with Gasteiger partial charge in [0, 0.05) is 36.1 Å². The molecule has 2 aromatic carbocycles. The number of ether oxygens (including phenoxy) is 1. The van der Waals surface area contributed by atoms with Gasteiger partial charge in [0.1, 0.15) is 17.0 Å². The number of para-hydroxylation sites is 1. The van der Waals surface area contributed by atoms with E-state index in [9.17, 15) is 9.59 Å². The van der Waals surface area contributed by atoms with Crippen molar-refractivity contribution in [2.24, 2.45) is 0 Å². The summed E-state index contributed by atoms with van der Waals surface area (Å²) in [5, 5.41) is 8.21. The van der Waals surface area contributed by atoms with Crippen molar-refractivity contribution in [3.05, 3.63) is 95.8 Å². The third-order valence-electron chi connectivity index (χ3n) is 8.47. The fraction of sp³-hybridized carbons (Fsp3) is 0.406. The quantitative estimate of drug-likeness (QED) is 0.255. The maximum atomic E-state index is 14.2. The normalized spacial score (nSPS) is 21.4. The van der Waals surface area contributed by atoms with Crippen LogP contribution in [0.1, 0.15) is 55.8 Å². The summed E-state index contributed by atoms with van der Waals surface area (Å²) >= 11 is 14.4. The number of anilines is 1. The maximum absolute atomic E-state index is 14.2. The smallest absolute Gasteiger partial charge is 0.408 e. The molecule has 1 aliphatic carbocycles. The largest absolute Gasteiger partial charge is 0.445 e. The number of nitrogens with zero attached hydrogens (tertiary/aromatic N) is 1. The first-order valence-corrected chi connectivity index (χ1v) is 14.9. The lowest BCUT2D eigenvalue weighted by Gasteiger charge is -2.42. The van der Waals surface area contributed by atoms with Crippen LogP contribution in [0.25, 0.3) is 0 Å². The van der Waals surface area contributed by atoms with Gasteiger partial charge < -0.3 is 20.7 Å². The number of hydrogen-bond acceptors (Lipinski definition) is 5. The lowest BCUT2D eigenvalue weighted by atomic mass is 9.71. The van der Waals surface area contributed by atoms with Crippen LogP contribution in [-0.4, -0.2) is 41.0 Å². The second-order valence-corrected chi connectivity index (χ2v) is 12.4. The van der Waals surface area contributed by atoms with Gasteiger partial charge in [-0.1, -0.05) is 73.9 Å². The maximum Gasteiger partial charge on any atom is 0.408 e. The molecule has 1 fully saturated rings.